The first kappa shape index (κ1) is 17.8. The summed E-state index contributed by atoms with van der Waals surface area (Å²) in [5, 5.41) is 5.11. The van der Waals surface area contributed by atoms with Crippen LogP contribution >= 0.6 is 23.2 Å². The van der Waals surface area contributed by atoms with Crippen LogP contribution in [-0.4, -0.2) is 6.04 Å². The highest BCUT2D eigenvalue weighted by atomic mass is 35.5. The van der Waals surface area contributed by atoms with Crippen molar-refractivity contribution in [3.8, 4) is 0 Å². The van der Waals surface area contributed by atoms with Crippen molar-refractivity contribution in [1.29, 1.82) is 0 Å². The van der Waals surface area contributed by atoms with Crippen LogP contribution < -0.4 is 5.32 Å². The van der Waals surface area contributed by atoms with Gasteiger partial charge in [-0.25, -0.2) is 0 Å². The van der Waals surface area contributed by atoms with Gasteiger partial charge in [0.15, 0.2) is 0 Å². The summed E-state index contributed by atoms with van der Waals surface area (Å²) in [6, 6.07) is 13.6. The van der Waals surface area contributed by atoms with Gasteiger partial charge in [0.25, 0.3) is 0 Å². The molecule has 2 aromatic rings. The number of aryl methyl sites for hydroxylation is 2. The summed E-state index contributed by atoms with van der Waals surface area (Å²) in [6.07, 6.45) is 5.83. The summed E-state index contributed by atoms with van der Waals surface area (Å²) in [5.74, 6) is 0. The van der Waals surface area contributed by atoms with Gasteiger partial charge in [-0.2, -0.15) is 0 Å². The highest BCUT2D eigenvalue weighted by Gasteiger charge is 2.22. The van der Waals surface area contributed by atoms with Crippen LogP contribution in [0.5, 0.6) is 0 Å². The van der Waals surface area contributed by atoms with Crippen LogP contribution in [0.2, 0.25) is 10.0 Å². The second kappa shape index (κ2) is 7.91. The molecule has 0 radical (unpaired) electrons. The molecule has 0 fully saturated rings. The smallest absolute Gasteiger partial charge is 0.0595 e. The molecule has 0 amide bonds. The third-order valence-corrected chi connectivity index (χ3v) is 5.82. The van der Waals surface area contributed by atoms with E-state index in [4.69, 9.17) is 23.2 Å². The number of halogens is 2. The lowest BCUT2D eigenvalue weighted by Gasteiger charge is -2.30. The molecule has 3 heteroatoms. The topological polar surface area (TPSA) is 12.0 Å². The molecule has 24 heavy (non-hydrogen) atoms. The minimum Gasteiger partial charge on any atom is -0.307 e. The Bertz CT molecular complexity index is 711. The quantitative estimate of drug-likeness (QED) is 0.659. The molecule has 0 aromatic heterocycles. The first-order valence-electron chi connectivity index (χ1n) is 8.83. The lowest BCUT2D eigenvalue weighted by Crippen LogP contribution is -2.33. The van der Waals surface area contributed by atoms with E-state index in [2.05, 4.69) is 43.4 Å². The first-order chi connectivity index (χ1) is 11.5. The molecule has 0 saturated heterocycles. The molecule has 0 heterocycles. The lowest BCUT2D eigenvalue weighted by molar-refractivity contribution is 0.395. The predicted octanol–water partition coefficient (Wildman–Crippen LogP) is 6.29. The Kier molecular flexibility index (Phi) is 5.86. The number of fused-ring (bicyclic) bond motifs is 1. The van der Waals surface area contributed by atoms with Crippen LogP contribution in [0.15, 0.2) is 36.4 Å². The SMILES string of the molecule is Cc1cccc2c1CCCC2NC(C)CCc1ccc(Cl)c(Cl)c1. The average molecular weight is 362 g/mol. The maximum Gasteiger partial charge on any atom is 0.0595 e. The Balaban J connectivity index is 1.61. The summed E-state index contributed by atoms with van der Waals surface area (Å²) in [7, 11) is 0. The van der Waals surface area contributed by atoms with E-state index in [1.807, 2.05) is 12.1 Å². The molecule has 0 bridgehead atoms. The second-order valence-corrected chi connectivity index (χ2v) is 7.76. The Hall–Kier alpha value is -1.02. The molecule has 1 aliphatic rings. The van der Waals surface area contributed by atoms with Crippen molar-refractivity contribution >= 4 is 23.2 Å². The summed E-state index contributed by atoms with van der Waals surface area (Å²) in [4.78, 5) is 0. The summed E-state index contributed by atoms with van der Waals surface area (Å²) >= 11 is 12.1. The van der Waals surface area contributed by atoms with Crippen molar-refractivity contribution in [3.05, 3.63) is 68.7 Å². The highest BCUT2D eigenvalue weighted by molar-refractivity contribution is 6.42. The van der Waals surface area contributed by atoms with E-state index in [-0.39, 0.29) is 0 Å². The number of nitrogens with one attached hydrogen (secondary N) is 1. The Morgan fingerprint density at radius 1 is 1.17 bits per heavy atom. The summed E-state index contributed by atoms with van der Waals surface area (Å²) < 4.78 is 0. The highest BCUT2D eigenvalue weighted by Crippen LogP contribution is 2.32. The zero-order chi connectivity index (χ0) is 17.1. The van der Waals surface area contributed by atoms with Crippen LogP contribution in [0.4, 0.5) is 0 Å². The molecule has 128 valence electrons. The molecule has 2 aromatic carbocycles. The zero-order valence-corrected chi connectivity index (χ0v) is 15.9. The van der Waals surface area contributed by atoms with Gasteiger partial charge in [-0.05, 0) is 80.3 Å². The molecular formula is C21H25Cl2N. The molecule has 2 unspecified atom stereocenters. The van der Waals surface area contributed by atoms with E-state index in [1.54, 1.807) is 5.56 Å². The first-order valence-corrected chi connectivity index (χ1v) is 9.58. The van der Waals surface area contributed by atoms with Crippen molar-refractivity contribution in [2.75, 3.05) is 0 Å². The molecule has 3 rings (SSSR count). The van der Waals surface area contributed by atoms with Crippen LogP contribution in [0.1, 0.15) is 54.5 Å². The number of benzene rings is 2. The maximum absolute atomic E-state index is 6.11. The summed E-state index contributed by atoms with van der Waals surface area (Å²) in [5.41, 5.74) is 5.74. The number of hydrogen-bond donors (Lipinski definition) is 1. The van der Waals surface area contributed by atoms with Crippen LogP contribution in [0.3, 0.4) is 0 Å². The van der Waals surface area contributed by atoms with Crippen molar-refractivity contribution < 1.29 is 0 Å². The average Bonchev–Trinajstić information content (AvgIpc) is 2.57. The fourth-order valence-corrected chi connectivity index (χ4v) is 4.03. The van der Waals surface area contributed by atoms with Crippen LogP contribution in [0.25, 0.3) is 0 Å². The summed E-state index contributed by atoms with van der Waals surface area (Å²) in [6.45, 7) is 4.51. The predicted molar refractivity (Wildman–Crippen MR) is 104 cm³/mol. The molecule has 0 saturated carbocycles. The maximum atomic E-state index is 6.11. The van der Waals surface area contributed by atoms with Gasteiger partial charge >= 0.3 is 0 Å². The van der Waals surface area contributed by atoms with Crippen LogP contribution in [-0.2, 0) is 12.8 Å². The standard InChI is InChI=1S/C21H25Cl2N/c1-14-5-3-7-18-17(14)6-4-8-21(18)24-15(2)9-10-16-11-12-19(22)20(23)13-16/h3,5,7,11-13,15,21,24H,4,6,8-10H2,1-2H3. The number of rotatable bonds is 5. The van der Waals surface area contributed by atoms with E-state index < -0.39 is 0 Å². The van der Waals surface area contributed by atoms with E-state index in [9.17, 15) is 0 Å². The van der Waals surface area contributed by atoms with Crippen molar-refractivity contribution in [1.82, 2.24) is 5.32 Å². The second-order valence-electron chi connectivity index (χ2n) is 6.94. The van der Waals surface area contributed by atoms with Gasteiger partial charge in [0.2, 0.25) is 0 Å². The molecule has 2 atom stereocenters. The lowest BCUT2D eigenvalue weighted by atomic mass is 9.85. The van der Waals surface area contributed by atoms with Crippen molar-refractivity contribution in [2.45, 2.75) is 58.0 Å². The van der Waals surface area contributed by atoms with Gasteiger partial charge in [-0.3, -0.25) is 0 Å². The molecule has 1 aliphatic carbocycles. The third kappa shape index (κ3) is 4.14. The molecule has 0 spiro atoms. The largest absolute Gasteiger partial charge is 0.307 e. The minimum atomic E-state index is 0.468. The normalized spacial score (nSPS) is 18.2. The van der Waals surface area contributed by atoms with E-state index >= 15 is 0 Å². The van der Waals surface area contributed by atoms with Gasteiger partial charge in [0, 0.05) is 12.1 Å². The van der Waals surface area contributed by atoms with E-state index in [1.165, 1.54) is 36.0 Å². The van der Waals surface area contributed by atoms with Gasteiger partial charge in [0.1, 0.15) is 0 Å². The van der Waals surface area contributed by atoms with Gasteiger partial charge in [-0.1, -0.05) is 47.5 Å². The Morgan fingerprint density at radius 2 is 2.00 bits per heavy atom. The van der Waals surface area contributed by atoms with E-state index in [0.717, 1.165) is 12.8 Å². The van der Waals surface area contributed by atoms with E-state index in [0.29, 0.717) is 22.1 Å². The molecular weight excluding hydrogens is 337 g/mol. The minimum absolute atomic E-state index is 0.468. The zero-order valence-electron chi connectivity index (χ0n) is 14.4. The molecule has 1 nitrogen and oxygen atoms in total. The molecule has 0 aliphatic heterocycles. The van der Waals surface area contributed by atoms with Crippen molar-refractivity contribution in [2.24, 2.45) is 0 Å². The number of hydrogen-bond acceptors (Lipinski definition) is 1. The Labute approximate surface area is 155 Å². The van der Waals surface area contributed by atoms with Gasteiger partial charge in [-0.15, -0.1) is 0 Å². The van der Waals surface area contributed by atoms with Crippen LogP contribution in [0, 0.1) is 6.92 Å². The Morgan fingerprint density at radius 3 is 2.79 bits per heavy atom. The fraction of sp³-hybridized carbons (Fsp3) is 0.429. The van der Waals surface area contributed by atoms with Crippen molar-refractivity contribution in [3.63, 3.8) is 0 Å². The van der Waals surface area contributed by atoms with Gasteiger partial charge < -0.3 is 5.32 Å². The monoisotopic (exact) mass is 361 g/mol. The molecule has 1 N–H and O–H groups in total. The fourth-order valence-electron chi connectivity index (χ4n) is 3.71. The van der Waals surface area contributed by atoms with Gasteiger partial charge in [0.05, 0.1) is 10.0 Å². The third-order valence-electron chi connectivity index (χ3n) is 5.08.